The summed E-state index contributed by atoms with van der Waals surface area (Å²) in [5.41, 5.74) is 4.78. The van der Waals surface area contributed by atoms with Crippen molar-refractivity contribution in [2.75, 3.05) is 23.3 Å². The number of carbonyl (C=O) groups is 1. The van der Waals surface area contributed by atoms with Crippen molar-refractivity contribution in [2.45, 2.75) is 33.2 Å². The van der Waals surface area contributed by atoms with Crippen LogP contribution < -0.4 is 20.3 Å². The number of nitrogens with one attached hydrogen (secondary N) is 2. The van der Waals surface area contributed by atoms with Gasteiger partial charge >= 0.3 is 0 Å². The first-order valence-electron chi connectivity index (χ1n) is 14.3. The smallest absolute Gasteiger partial charge is 0.243 e. The molecule has 12 nitrogen and oxygen atoms in total. The molecule has 0 spiro atoms. The first-order chi connectivity index (χ1) is 20.8. The number of hydrogen-bond acceptors (Lipinski definition) is 10. The number of rotatable bonds is 8. The van der Waals surface area contributed by atoms with E-state index in [4.69, 9.17) is 9.72 Å². The van der Waals surface area contributed by atoms with Gasteiger partial charge in [-0.2, -0.15) is 0 Å². The highest BCUT2D eigenvalue weighted by Crippen LogP contribution is 2.32. The zero-order valence-electron chi connectivity index (χ0n) is 24.7. The third-order valence-corrected chi connectivity index (χ3v) is 8.00. The first kappa shape index (κ1) is 28.0. The number of piperidine rings is 1. The molecule has 2 N–H and O–H groups in total. The highest BCUT2D eigenvalue weighted by atomic mass is 16.5. The van der Waals surface area contributed by atoms with Gasteiger partial charge in [0, 0.05) is 37.9 Å². The van der Waals surface area contributed by atoms with Gasteiger partial charge in [-0.1, -0.05) is 25.6 Å². The molecule has 2 aromatic carbocycles. The van der Waals surface area contributed by atoms with E-state index >= 15 is 0 Å². The Labute approximate surface area is 249 Å². The van der Waals surface area contributed by atoms with Crippen LogP contribution in [0.4, 0.5) is 17.5 Å². The summed E-state index contributed by atoms with van der Waals surface area (Å²) < 4.78 is 7.89. The molecule has 0 saturated carbocycles. The van der Waals surface area contributed by atoms with Crippen LogP contribution in [0.2, 0.25) is 0 Å². The van der Waals surface area contributed by atoms with Crippen molar-refractivity contribution in [3.63, 3.8) is 0 Å². The molecule has 1 aliphatic rings. The molecule has 12 heteroatoms. The third kappa shape index (κ3) is 5.68. The molecular formula is C31H34N10O2. The highest BCUT2D eigenvalue weighted by Gasteiger charge is 2.35. The first-order valence-corrected chi connectivity index (χ1v) is 14.3. The topological polar surface area (TPSA) is 136 Å². The quantitative estimate of drug-likeness (QED) is 0.249. The molecule has 0 bridgehead atoms. The van der Waals surface area contributed by atoms with Gasteiger partial charge in [0.25, 0.3) is 0 Å². The van der Waals surface area contributed by atoms with Crippen LogP contribution in [0.5, 0.6) is 11.5 Å². The summed E-state index contributed by atoms with van der Waals surface area (Å²) in [5.74, 6) is 2.94. The second kappa shape index (κ2) is 11.6. The van der Waals surface area contributed by atoms with E-state index in [0.717, 1.165) is 41.0 Å². The summed E-state index contributed by atoms with van der Waals surface area (Å²) >= 11 is 0. The van der Waals surface area contributed by atoms with Crippen molar-refractivity contribution in [1.82, 2.24) is 40.2 Å². The summed E-state index contributed by atoms with van der Waals surface area (Å²) in [6.07, 6.45) is 5.48. The average Bonchev–Trinajstić information content (AvgIpc) is 3.38. The molecule has 1 amide bonds. The van der Waals surface area contributed by atoms with Crippen molar-refractivity contribution < 1.29 is 9.53 Å². The monoisotopic (exact) mass is 578 g/mol. The number of anilines is 3. The van der Waals surface area contributed by atoms with Crippen LogP contribution in [0.1, 0.15) is 25.8 Å². The predicted molar refractivity (Wildman–Crippen MR) is 165 cm³/mol. The summed E-state index contributed by atoms with van der Waals surface area (Å²) in [6, 6.07) is 11.7. The number of aromatic nitrogens is 7. The molecule has 3 unspecified atom stereocenters. The summed E-state index contributed by atoms with van der Waals surface area (Å²) in [7, 11) is 1.86. The van der Waals surface area contributed by atoms with Gasteiger partial charge in [0.15, 0.2) is 5.82 Å². The minimum absolute atomic E-state index is 0.0675. The Bertz CT molecular complexity index is 1820. The number of benzene rings is 2. The molecule has 1 fully saturated rings. The van der Waals surface area contributed by atoms with Gasteiger partial charge in [-0.05, 0) is 67.2 Å². The maximum Gasteiger partial charge on any atom is 0.243 e. The normalized spacial score (nSPS) is 18.5. The van der Waals surface area contributed by atoms with Crippen LogP contribution in [0, 0.1) is 18.8 Å². The Morgan fingerprint density at radius 1 is 1.14 bits per heavy atom. The van der Waals surface area contributed by atoms with Crippen LogP contribution >= 0.6 is 0 Å². The van der Waals surface area contributed by atoms with Crippen molar-refractivity contribution in [3.05, 3.63) is 67.1 Å². The Balaban J connectivity index is 1.21. The van der Waals surface area contributed by atoms with E-state index in [2.05, 4.69) is 61.2 Å². The molecule has 5 aromatic rings. The maximum atomic E-state index is 12.0. The molecule has 0 radical (unpaired) electrons. The molecule has 6 rings (SSSR count). The van der Waals surface area contributed by atoms with E-state index < -0.39 is 0 Å². The summed E-state index contributed by atoms with van der Waals surface area (Å²) in [5, 5.41) is 14.8. The largest absolute Gasteiger partial charge is 0.457 e. The molecule has 4 heterocycles. The molecule has 1 aliphatic heterocycles. The predicted octanol–water partition coefficient (Wildman–Crippen LogP) is 4.70. The number of carbonyl (C=O) groups excluding carboxylic acids is 1. The SMILES string of the molecule is C=CC(=O)NC1C(C)CN(c2ncc3ncnc(Nc4ccc(Oc5ccc6c(c5)nnn6C)c(C)c4)c3n2)CC1CC. The Morgan fingerprint density at radius 2 is 2.00 bits per heavy atom. The van der Waals surface area contributed by atoms with Gasteiger partial charge in [-0.15, -0.1) is 5.10 Å². The fraction of sp³-hybridized carbons (Fsp3) is 0.323. The van der Waals surface area contributed by atoms with Gasteiger partial charge in [-0.25, -0.2) is 24.6 Å². The number of nitrogens with zero attached hydrogens (tertiary/aromatic N) is 8. The van der Waals surface area contributed by atoms with Crippen LogP contribution in [-0.2, 0) is 11.8 Å². The van der Waals surface area contributed by atoms with E-state index in [1.54, 1.807) is 10.9 Å². The van der Waals surface area contributed by atoms with E-state index in [9.17, 15) is 4.79 Å². The van der Waals surface area contributed by atoms with Crippen LogP contribution in [0.3, 0.4) is 0 Å². The lowest BCUT2D eigenvalue weighted by molar-refractivity contribution is -0.118. The molecule has 3 atom stereocenters. The lowest BCUT2D eigenvalue weighted by Crippen LogP contribution is -2.55. The molecular weight excluding hydrogens is 544 g/mol. The highest BCUT2D eigenvalue weighted by molar-refractivity contribution is 5.88. The number of aryl methyl sites for hydroxylation is 2. The fourth-order valence-electron chi connectivity index (χ4n) is 5.70. The average molecular weight is 579 g/mol. The van der Waals surface area contributed by atoms with E-state index in [1.165, 1.54) is 12.4 Å². The second-order valence-corrected chi connectivity index (χ2v) is 11.0. The van der Waals surface area contributed by atoms with Gasteiger partial charge in [0.05, 0.1) is 11.7 Å². The summed E-state index contributed by atoms with van der Waals surface area (Å²) in [4.78, 5) is 32.7. The zero-order valence-corrected chi connectivity index (χ0v) is 24.7. The molecule has 220 valence electrons. The van der Waals surface area contributed by atoms with E-state index in [0.29, 0.717) is 35.1 Å². The molecule has 1 saturated heterocycles. The summed E-state index contributed by atoms with van der Waals surface area (Å²) in [6.45, 7) is 11.3. The third-order valence-electron chi connectivity index (χ3n) is 8.00. The minimum atomic E-state index is -0.142. The van der Waals surface area contributed by atoms with Gasteiger partial charge in [0.1, 0.15) is 34.4 Å². The van der Waals surface area contributed by atoms with Crippen LogP contribution in [-0.4, -0.2) is 60.0 Å². The van der Waals surface area contributed by atoms with Crippen LogP contribution in [0.25, 0.3) is 22.1 Å². The van der Waals surface area contributed by atoms with Crippen molar-refractivity contribution in [2.24, 2.45) is 18.9 Å². The number of amides is 1. The van der Waals surface area contributed by atoms with E-state index in [-0.39, 0.29) is 23.8 Å². The Hall–Kier alpha value is -5.13. The Morgan fingerprint density at radius 3 is 2.79 bits per heavy atom. The van der Waals surface area contributed by atoms with Crippen molar-refractivity contribution >= 4 is 45.4 Å². The zero-order chi connectivity index (χ0) is 30.1. The molecule has 3 aromatic heterocycles. The molecule has 43 heavy (non-hydrogen) atoms. The number of ether oxygens (including phenoxy) is 1. The fourth-order valence-corrected chi connectivity index (χ4v) is 5.70. The Kier molecular flexibility index (Phi) is 7.58. The number of fused-ring (bicyclic) bond motifs is 2. The van der Waals surface area contributed by atoms with E-state index in [1.807, 2.05) is 50.4 Å². The van der Waals surface area contributed by atoms with Crippen molar-refractivity contribution in [3.8, 4) is 11.5 Å². The molecule has 0 aliphatic carbocycles. The lowest BCUT2D eigenvalue weighted by atomic mass is 9.83. The minimum Gasteiger partial charge on any atom is -0.457 e. The van der Waals surface area contributed by atoms with Gasteiger partial charge in [-0.3, -0.25) is 4.79 Å². The van der Waals surface area contributed by atoms with Crippen molar-refractivity contribution in [1.29, 1.82) is 0 Å². The van der Waals surface area contributed by atoms with Crippen LogP contribution in [0.15, 0.2) is 61.6 Å². The van der Waals surface area contributed by atoms with Gasteiger partial charge in [0.2, 0.25) is 11.9 Å². The second-order valence-electron chi connectivity index (χ2n) is 11.0. The number of hydrogen-bond donors (Lipinski definition) is 2. The standard InChI is InChI=1S/C31H34N10O2/c1-6-20-16-41(15-19(4)28(20)36-27(42)7-2)31-32-14-24-29(37-31)30(34-17-33-24)35-21-8-11-26(18(3)12-21)43-22-9-10-25-23(13-22)38-39-40(25)5/h7-14,17,19-20,28H,2,6,15-16H2,1,3-5H3,(H,36,42)(H,33,34,35). The lowest BCUT2D eigenvalue weighted by Gasteiger charge is -2.42. The maximum absolute atomic E-state index is 12.0. The van der Waals surface area contributed by atoms with Gasteiger partial charge < -0.3 is 20.3 Å².